The highest BCUT2D eigenvalue weighted by Gasteiger charge is 2.49. The number of primary amides is 2. The van der Waals surface area contributed by atoms with E-state index in [4.69, 9.17) is 20.9 Å². The zero-order valence-electron chi connectivity index (χ0n) is 20.5. The smallest absolute Gasteiger partial charge is 0.238 e. The molecule has 2 atom stereocenters. The number of hydrogen-bond acceptors (Lipinski definition) is 9. The molecule has 1 aliphatic carbocycles. The van der Waals surface area contributed by atoms with Gasteiger partial charge < -0.3 is 26.3 Å². The normalized spacial score (nSPS) is 23.9. The predicted octanol–water partition coefficient (Wildman–Crippen LogP) is 0.339. The van der Waals surface area contributed by atoms with Crippen molar-refractivity contribution in [3.63, 3.8) is 0 Å². The number of methoxy groups -OCH3 is 1. The number of amides is 3. The van der Waals surface area contributed by atoms with Crippen molar-refractivity contribution in [2.75, 3.05) is 46.6 Å². The summed E-state index contributed by atoms with van der Waals surface area (Å²) in [5.41, 5.74) is 9.82. The summed E-state index contributed by atoms with van der Waals surface area (Å²) in [6.07, 6.45) is 4.66. The maximum atomic E-state index is 13.1. The average Bonchev–Trinajstić information content (AvgIpc) is 3.40. The molecule has 1 saturated heterocycles. The van der Waals surface area contributed by atoms with E-state index in [1.807, 2.05) is 35.2 Å². The van der Waals surface area contributed by atoms with Gasteiger partial charge in [0, 0.05) is 38.1 Å². The maximum Gasteiger partial charge on any atom is 0.238 e. The van der Waals surface area contributed by atoms with E-state index in [-0.39, 0.29) is 31.2 Å². The summed E-state index contributed by atoms with van der Waals surface area (Å²) >= 11 is 1.20. The zero-order chi connectivity index (χ0) is 26.5. The second kappa shape index (κ2) is 11.3. The number of hydrogen-bond donors (Lipinski definition) is 3. The van der Waals surface area contributed by atoms with Gasteiger partial charge >= 0.3 is 0 Å². The quantitative estimate of drug-likeness (QED) is 0.373. The largest absolute Gasteiger partial charge is 0.385 e. The standard InChI is InChI=1S/C25H30N6O5S/c1-35-12-9-24(21(26)33)7-8-25(22(27)34,23-30-29-20(37-23)17-5-3-2-4-6-17)15-18(24)28-19(32)16-31-10-13-36-14-11-31/h2-8,15H,9-14,16H2,1H3,(H2,26,33)(H2,27,34)(H,28,32). The van der Waals surface area contributed by atoms with Gasteiger partial charge in [0.05, 0.1) is 19.8 Å². The first-order chi connectivity index (χ1) is 17.8. The molecule has 0 bridgehead atoms. The average molecular weight is 527 g/mol. The molecule has 11 nitrogen and oxygen atoms in total. The minimum Gasteiger partial charge on any atom is -0.385 e. The van der Waals surface area contributed by atoms with Crippen LogP contribution < -0.4 is 16.8 Å². The van der Waals surface area contributed by atoms with E-state index < -0.39 is 22.6 Å². The molecule has 1 aromatic heterocycles. The number of carbonyl (C=O) groups is 3. The topological polar surface area (TPSA) is 163 Å². The van der Waals surface area contributed by atoms with Crippen LogP contribution in [0.5, 0.6) is 0 Å². The molecule has 0 spiro atoms. The Hall–Kier alpha value is -3.45. The number of nitrogens with zero attached hydrogens (tertiary/aromatic N) is 3. The van der Waals surface area contributed by atoms with Crippen LogP contribution in [-0.4, -0.2) is 79.4 Å². The second-order valence-electron chi connectivity index (χ2n) is 8.92. The molecule has 2 unspecified atom stereocenters. The van der Waals surface area contributed by atoms with Crippen LogP contribution in [0.1, 0.15) is 11.4 Å². The molecule has 37 heavy (non-hydrogen) atoms. The van der Waals surface area contributed by atoms with Gasteiger partial charge in [-0.3, -0.25) is 19.3 Å². The number of nitrogens with one attached hydrogen (secondary N) is 1. The molecule has 196 valence electrons. The Morgan fingerprint density at radius 3 is 2.49 bits per heavy atom. The highest BCUT2D eigenvalue weighted by Crippen LogP contribution is 2.43. The summed E-state index contributed by atoms with van der Waals surface area (Å²) in [4.78, 5) is 40.8. The van der Waals surface area contributed by atoms with Crippen molar-refractivity contribution in [3.05, 3.63) is 59.3 Å². The molecular weight excluding hydrogens is 496 g/mol. The van der Waals surface area contributed by atoms with E-state index in [0.717, 1.165) is 5.56 Å². The predicted molar refractivity (Wildman–Crippen MR) is 137 cm³/mol. The summed E-state index contributed by atoms with van der Waals surface area (Å²) < 4.78 is 10.6. The van der Waals surface area contributed by atoms with Gasteiger partial charge in [0.2, 0.25) is 17.7 Å². The fourth-order valence-electron chi connectivity index (χ4n) is 4.37. The molecule has 12 heteroatoms. The number of morpholine rings is 1. The van der Waals surface area contributed by atoms with Gasteiger partial charge in [-0.25, -0.2) is 0 Å². The molecular formula is C25H30N6O5S. The number of ether oxygens (including phenoxy) is 2. The Labute approximate surface area is 218 Å². The highest BCUT2D eigenvalue weighted by molar-refractivity contribution is 7.15. The third kappa shape index (κ3) is 5.47. The molecule has 5 N–H and O–H groups in total. The first-order valence-corrected chi connectivity index (χ1v) is 12.6. The fraction of sp³-hybridized carbons (Fsp3) is 0.400. The third-order valence-electron chi connectivity index (χ3n) is 6.58. The Morgan fingerprint density at radius 1 is 1.11 bits per heavy atom. The van der Waals surface area contributed by atoms with Crippen molar-refractivity contribution in [1.82, 2.24) is 20.4 Å². The van der Waals surface area contributed by atoms with E-state index >= 15 is 0 Å². The van der Waals surface area contributed by atoms with Crippen molar-refractivity contribution in [2.45, 2.75) is 11.8 Å². The Morgan fingerprint density at radius 2 is 1.84 bits per heavy atom. The van der Waals surface area contributed by atoms with Crippen LogP contribution in [0, 0.1) is 5.41 Å². The monoisotopic (exact) mass is 526 g/mol. The van der Waals surface area contributed by atoms with Crippen LogP contribution in [0.2, 0.25) is 0 Å². The first-order valence-electron chi connectivity index (χ1n) is 11.8. The summed E-state index contributed by atoms with van der Waals surface area (Å²) in [6.45, 7) is 2.55. The SMILES string of the molecule is COCCC1(C(N)=O)C=CC(C(N)=O)(c2nnc(-c3ccccc3)s2)C=C1NC(=O)CN1CCOCC1. The van der Waals surface area contributed by atoms with Gasteiger partial charge in [0.25, 0.3) is 0 Å². The molecule has 2 aromatic rings. The summed E-state index contributed by atoms with van der Waals surface area (Å²) in [7, 11) is 1.50. The number of rotatable bonds is 10. The Bertz CT molecular complexity index is 1210. The minimum atomic E-state index is -1.54. The van der Waals surface area contributed by atoms with Crippen molar-refractivity contribution in [1.29, 1.82) is 0 Å². The number of aromatic nitrogens is 2. The molecule has 0 radical (unpaired) electrons. The first kappa shape index (κ1) is 26.6. The highest BCUT2D eigenvalue weighted by atomic mass is 32.1. The maximum absolute atomic E-state index is 13.1. The van der Waals surface area contributed by atoms with Crippen molar-refractivity contribution in [2.24, 2.45) is 16.9 Å². The lowest BCUT2D eigenvalue weighted by Crippen LogP contribution is -2.51. The van der Waals surface area contributed by atoms with Crippen molar-refractivity contribution in [3.8, 4) is 10.6 Å². The third-order valence-corrected chi connectivity index (χ3v) is 7.70. The van der Waals surface area contributed by atoms with E-state index in [1.54, 1.807) is 0 Å². The lowest BCUT2D eigenvalue weighted by atomic mass is 9.70. The van der Waals surface area contributed by atoms with Gasteiger partial charge in [0.1, 0.15) is 20.8 Å². The molecule has 2 aliphatic rings. The second-order valence-corrected chi connectivity index (χ2v) is 9.90. The Kier molecular flexibility index (Phi) is 8.13. The molecule has 1 aromatic carbocycles. The van der Waals surface area contributed by atoms with Gasteiger partial charge in [-0.2, -0.15) is 0 Å². The van der Waals surface area contributed by atoms with Crippen LogP contribution in [0.3, 0.4) is 0 Å². The van der Waals surface area contributed by atoms with E-state index in [9.17, 15) is 14.4 Å². The molecule has 2 heterocycles. The zero-order valence-corrected chi connectivity index (χ0v) is 21.3. The molecule has 4 rings (SSSR count). The van der Waals surface area contributed by atoms with Crippen molar-refractivity contribution < 1.29 is 23.9 Å². The molecule has 0 saturated carbocycles. The van der Waals surface area contributed by atoms with E-state index in [0.29, 0.717) is 36.3 Å². The van der Waals surface area contributed by atoms with Gasteiger partial charge in [-0.1, -0.05) is 53.8 Å². The lowest BCUT2D eigenvalue weighted by Gasteiger charge is -2.37. The number of nitrogens with two attached hydrogens (primary N) is 2. The number of benzene rings is 1. The van der Waals surface area contributed by atoms with Crippen molar-refractivity contribution >= 4 is 29.1 Å². The lowest BCUT2D eigenvalue weighted by molar-refractivity contribution is -0.126. The van der Waals surface area contributed by atoms with Gasteiger partial charge in [-0.05, 0) is 12.5 Å². The van der Waals surface area contributed by atoms with E-state index in [1.165, 1.54) is 36.7 Å². The Balaban J connectivity index is 1.74. The summed E-state index contributed by atoms with van der Waals surface area (Å²) in [5, 5.41) is 12.3. The van der Waals surface area contributed by atoms with Crippen LogP contribution in [0.25, 0.3) is 10.6 Å². The van der Waals surface area contributed by atoms with Crippen LogP contribution in [-0.2, 0) is 29.3 Å². The molecule has 3 amide bonds. The van der Waals surface area contributed by atoms with Gasteiger partial charge in [-0.15, -0.1) is 10.2 Å². The summed E-state index contributed by atoms with van der Waals surface area (Å²) in [6, 6.07) is 9.40. The summed E-state index contributed by atoms with van der Waals surface area (Å²) in [5.74, 6) is -1.78. The number of carbonyl (C=O) groups excluding carboxylic acids is 3. The van der Waals surface area contributed by atoms with Crippen LogP contribution in [0.4, 0.5) is 0 Å². The fourth-order valence-corrected chi connectivity index (χ4v) is 5.36. The molecule has 1 fully saturated rings. The van der Waals surface area contributed by atoms with Crippen LogP contribution in [0.15, 0.2) is 54.3 Å². The van der Waals surface area contributed by atoms with Gasteiger partial charge in [0.15, 0.2) is 0 Å². The van der Waals surface area contributed by atoms with Crippen LogP contribution >= 0.6 is 11.3 Å². The molecule has 1 aliphatic heterocycles. The van der Waals surface area contributed by atoms with E-state index in [2.05, 4.69) is 15.5 Å². The minimum absolute atomic E-state index is 0.0874.